The summed E-state index contributed by atoms with van der Waals surface area (Å²) in [7, 11) is -3.46. The summed E-state index contributed by atoms with van der Waals surface area (Å²) in [5, 5.41) is 12.0. The summed E-state index contributed by atoms with van der Waals surface area (Å²) in [6.45, 7) is -0.337. The average Bonchev–Trinajstić information content (AvgIpc) is 2.80. The first kappa shape index (κ1) is 25.1. The second-order valence-corrected chi connectivity index (χ2v) is 9.96. The number of benzene rings is 1. The molecule has 180 valence electrons. The van der Waals surface area contributed by atoms with Gasteiger partial charge in [0.1, 0.15) is 12.8 Å². The lowest BCUT2D eigenvalue weighted by atomic mass is 9.93. The quantitative estimate of drug-likeness (QED) is 0.527. The second-order valence-electron chi connectivity index (χ2n) is 7.70. The Kier molecular flexibility index (Phi) is 7.39. The minimum absolute atomic E-state index is 0.106. The van der Waals surface area contributed by atoms with Crippen molar-refractivity contribution < 1.29 is 35.9 Å². The average molecular weight is 489 g/mol. The van der Waals surface area contributed by atoms with Crippen LogP contribution in [0.2, 0.25) is 0 Å². The number of hydrogen-bond acceptors (Lipinski definition) is 5. The Morgan fingerprint density at radius 1 is 1.18 bits per heavy atom. The predicted octanol–water partition coefficient (Wildman–Crippen LogP) is 2.33. The third-order valence-corrected chi connectivity index (χ3v) is 7.27. The maximum atomic E-state index is 15.0. The lowest BCUT2D eigenvalue weighted by Crippen LogP contribution is -2.59. The number of amides is 1. The molecule has 0 aliphatic carbocycles. The van der Waals surface area contributed by atoms with E-state index in [1.807, 2.05) is 0 Å². The summed E-state index contributed by atoms with van der Waals surface area (Å²) in [6, 6.07) is 7.58. The Bertz CT molecular complexity index is 1080. The predicted molar refractivity (Wildman–Crippen MR) is 112 cm³/mol. The number of pyridine rings is 1. The van der Waals surface area contributed by atoms with Crippen LogP contribution in [0.3, 0.4) is 0 Å². The van der Waals surface area contributed by atoms with Gasteiger partial charge in [-0.15, -0.1) is 0 Å². The molecule has 1 aliphatic heterocycles. The fourth-order valence-corrected chi connectivity index (χ4v) is 4.60. The van der Waals surface area contributed by atoms with Crippen molar-refractivity contribution in [2.24, 2.45) is 0 Å². The van der Waals surface area contributed by atoms with Gasteiger partial charge in [-0.3, -0.25) is 9.78 Å². The zero-order valence-electron chi connectivity index (χ0n) is 17.6. The molecule has 0 spiro atoms. The number of nitrogens with zero attached hydrogens (tertiary/aromatic N) is 2. The van der Waals surface area contributed by atoms with Crippen molar-refractivity contribution in [3.8, 4) is 11.1 Å². The molecule has 2 heterocycles. The molecule has 2 aromatic rings. The maximum Gasteiger partial charge on any atom is 0.315 e. The Labute approximate surface area is 188 Å². The van der Waals surface area contributed by atoms with Gasteiger partial charge in [0.15, 0.2) is 5.67 Å². The van der Waals surface area contributed by atoms with Crippen molar-refractivity contribution in [3.63, 3.8) is 0 Å². The molecule has 1 aromatic heterocycles. The molecule has 0 unspecified atom stereocenters. The van der Waals surface area contributed by atoms with Gasteiger partial charge in [-0.25, -0.2) is 17.2 Å². The van der Waals surface area contributed by atoms with Crippen LogP contribution >= 0.6 is 0 Å². The van der Waals surface area contributed by atoms with Gasteiger partial charge in [0.25, 0.3) is 5.91 Å². The van der Waals surface area contributed by atoms with E-state index in [0.717, 1.165) is 4.31 Å². The van der Waals surface area contributed by atoms with E-state index in [0.29, 0.717) is 11.1 Å². The van der Waals surface area contributed by atoms with E-state index < -0.39 is 46.8 Å². The van der Waals surface area contributed by atoms with E-state index in [2.05, 4.69) is 4.98 Å². The minimum Gasteiger partial charge on any atom is -0.386 e. The van der Waals surface area contributed by atoms with E-state index in [-0.39, 0.29) is 30.1 Å². The van der Waals surface area contributed by atoms with Crippen LogP contribution in [0.4, 0.5) is 17.6 Å². The van der Waals surface area contributed by atoms with Gasteiger partial charge in [0, 0.05) is 11.8 Å². The number of aromatic nitrogens is 1. The van der Waals surface area contributed by atoms with Gasteiger partial charge in [0.2, 0.25) is 10.0 Å². The van der Waals surface area contributed by atoms with Gasteiger partial charge in [-0.05, 0) is 24.1 Å². The van der Waals surface area contributed by atoms with E-state index in [4.69, 9.17) is 0 Å². The van der Waals surface area contributed by atoms with Crippen molar-refractivity contribution in [1.82, 2.24) is 14.6 Å². The Morgan fingerprint density at radius 3 is 2.27 bits per heavy atom. The first-order valence-corrected chi connectivity index (χ1v) is 11.7. The fourth-order valence-electron chi connectivity index (χ4n) is 3.44. The molecule has 2 N–H and O–H groups in total. The van der Waals surface area contributed by atoms with Crippen molar-refractivity contribution in [3.05, 3.63) is 53.9 Å². The summed E-state index contributed by atoms with van der Waals surface area (Å²) < 4.78 is 77.5. The van der Waals surface area contributed by atoms with Gasteiger partial charge >= 0.3 is 6.43 Å². The van der Waals surface area contributed by atoms with Gasteiger partial charge in [-0.1, -0.05) is 30.3 Å². The molecule has 0 bridgehead atoms. The topological polar surface area (TPSA) is 99.6 Å². The molecule has 0 radical (unpaired) electrons. The number of hydrogen-bond donors (Lipinski definition) is 2. The zero-order chi connectivity index (χ0) is 24.4. The Balaban J connectivity index is 1.68. The SMILES string of the molecule is CCS(=O)(=O)N1CC(F)(c2ccc(-c3ccc([C@H](O)[C@@H](CF)NC(=O)C(F)F)cc3)cn2)C1. The molecule has 1 fully saturated rings. The molecular weight excluding hydrogens is 466 g/mol. The number of carbonyl (C=O) groups is 1. The van der Waals surface area contributed by atoms with E-state index >= 15 is 0 Å². The van der Waals surface area contributed by atoms with Crippen LogP contribution in [0.1, 0.15) is 24.3 Å². The highest BCUT2D eigenvalue weighted by Gasteiger charge is 2.50. The number of carbonyl (C=O) groups excluding carboxylic acids is 1. The third-order valence-electron chi connectivity index (χ3n) is 5.49. The van der Waals surface area contributed by atoms with E-state index in [1.54, 1.807) is 23.5 Å². The lowest BCUT2D eigenvalue weighted by molar-refractivity contribution is -0.133. The number of rotatable bonds is 9. The van der Waals surface area contributed by atoms with Crippen molar-refractivity contribution in [2.75, 3.05) is 25.5 Å². The van der Waals surface area contributed by atoms with Crippen LogP contribution in [0, 0.1) is 0 Å². The van der Waals surface area contributed by atoms with Gasteiger partial charge < -0.3 is 10.4 Å². The normalized spacial score (nSPS) is 17.9. The molecule has 2 atom stereocenters. The Morgan fingerprint density at radius 2 is 1.79 bits per heavy atom. The van der Waals surface area contributed by atoms with Crippen LogP contribution in [-0.2, 0) is 20.5 Å². The smallest absolute Gasteiger partial charge is 0.315 e. The second kappa shape index (κ2) is 9.74. The highest BCUT2D eigenvalue weighted by Crippen LogP contribution is 2.37. The number of halogens is 4. The van der Waals surface area contributed by atoms with Crippen molar-refractivity contribution in [1.29, 1.82) is 0 Å². The maximum absolute atomic E-state index is 15.0. The minimum atomic E-state index is -3.46. The molecular formula is C21H23F4N3O4S. The van der Waals surface area contributed by atoms with E-state index in [1.165, 1.54) is 31.3 Å². The summed E-state index contributed by atoms with van der Waals surface area (Å²) >= 11 is 0. The highest BCUT2D eigenvalue weighted by atomic mass is 32.2. The molecule has 3 rings (SSSR count). The van der Waals surface area contributed by atoms with Gasteiger partial charge in [-0.2, -0.15) is 13.1 Å². The van der Waals surface area contributed by atoms with Crippen LogP contribution < -0.4 is 5.32 Å². The molecule has 12 heteroatoms. The lowest BCUT2D eigenvalue weighted by Gasteiger charge is -2.42. The molecule has 1 aliphatic rings. The van der Waals surface area contributed by atoms with Crippen LogP contribution in [-0.4, -0.2) is 66.7 Å². The Hall–Kier alpha value is -2.57. The molecule has 1 aromatic carbocycles. The van der Waals surface area contributed by atoms with Crippen molar-refractivity contribution >= 4 is 15.9 Å². The standard InChI is InChI=1S/C21H23F4N3O4S/c1-2-33(31,32)28-11-21(25,12-28)17-8-7-15(10-26-17)13-3-5-14(6-4-13)18(29)16(9-22)27-20(30)19(23)24/h3-8,10,16,18-19,29H,2,9,11-12H2,1H3,(H,27,30)/t16-,18+/m1/s1. The van der Waals surface area contributed by atoms with Crippen molar-refractivity contribution in [2.45, 2.75) is 31.2 Å². The molecule has 7 nitrogen and oxygen atoms in total. The molecule has 1 amide bonds. The summed E-state index contributed by atoms with van der Waals surface area (Å²) in [6.07, 6.45) is -3.45. The monoisotopic (exact) mass is 489 g/mol. The number of sulfonamides is 1. The first-order chi connectivity index (χ1) is 15.5. The highest BCUT2D eigenvalue weighted by molar-refractivity contribution is 7.89. The largest absolute Gasteiger partial charge is 0.386 e. The van der Waals surface area contributed by atoms with Crippen LogP contribution in [0.25, 0.3) is 11.1 Å². The number of aliphatic hydroxyl groups is 1. The van der Waals surface area contributed by atoms with E-state index in [9.17, 15) is 35.9 Å². The summed E-state index contributed by atoms with van der Waals surface area (Å²) in [5.74, 6) is -1.78. The summed E-state index contributed by atoms with van der Waals surface area (Å²) in [4.78, 5) is 15.2. The number of alkyl halides is 4. The van der Waals surface area contributed by atoms with Crippen LogP contribution in [0.5, 0.6) is 0 Å². The summed E-state index contributed by atoms with van der Waals surface area (Å²) in [5.41, 5.74) is -0.307. The fraction of sp³-hybridized carbons (Fsp3) is 0.429. The van der Waals surface area contributed by atoms with Crippen LogP contribution in [0.15, 0.2) is 42.6 Å². The first-order valence-electron chi connectivity index (χ1n) is 10.1. The van der Waals surface area contributed by atoms with Gasteiger partial charge in [0.05, 0.1) is 30.6 Å². The molecule has 1 saturated heterocycles. The zero-order valence-corrected chi connectivity index (χ0v) is 18.4. The number of aliphatic hydroxyl groups excluding tert-OH is 1. The third kappa shape index (κ3) is 5.33. The molecule has 33 heavy (non-hydrogen) atoms. The molecule has 0 saturated carbocycles. The number of nitrogens with one attached hydrogen (secondary N) is 1.